The second-order valence-electron chi connectivity index (χ2n) is 12.1. The molecule has 172 valence electrons. The second kappa shape index (κ2) is 7.73. The predicted octanol–water partition coefficient (Wildman–Crippen LogP) is 7.12. The number of carbonyl (C=O) groups is 1. The number of rotatable bonds is 4. The summed E-state index contributed by atoms with van der Waals surface area (Å²) in [4.78, 5) is 11.6. The van der Waals surface area contributed by atoms with E-state index < -0.39 is 11.8 Å². The Hall–Kier alpha value is -0.670. The van der Waals surface area contributed by atoms with Crippen molar-refractivity contribution in [2.45, 2.75) is 97.8 Å². The average Bonchev–Trinajstić information content (AvgIpc) is 3.04. The van der Waals surface area contributed by atoms with E-state index >= 15 is 8.78 Å². The second-order valence-corrected chi connectivity index (χ2v) is 12.1. The molecule has 4 fully saturated rings. The summed E-state index contributed by atoms with van der Waals surface area (Å²) >= 11 is 0. The first-order valence-corrected chi connectivity index (χ1v) is 12.5. The lowest BCUT2D eigenvalue weighted by Crippen LogP contribution is -2.60. The molecule has 2 nitrogen and oxygen atoms in total. The van der Waals surface area contributed by atoms with Gasteiger partial charge in [-0.15, -0.1) is 0 Å². The van der Waals surface area contributed by atoms with Crippen LogP contribution in [0.5, 0.6) is 0 Å². The molecular weight excluding hydrogens is 382 g/mol. The van der Waals surface area contributed by atoms with E-state index in [-0.39, 0.29) is 29.1 Å². The Balaban J connectivity index is 1.56. The summed E-state index contributed by atoms with van der Waals surface area (Å²) in [5, 5.41) is 0. The summed E-state index contributed by atoms with van der Waals surface area (Å²) in [6, 6.07) is 0. The predicted molar refractivity (Wildman–Crippen MR) is 115 cm³/mol. The molecule has 4 rings (SSSR count). The van der Waals surface area contributed by atoms with Crippen molar-refractivity contribution in [1.82, 2.24) is 0 Å². The molecule has 0 amide bonds. The zero-order chi connectivity index (χ0) is 21.9. The number of hydrogen-bond donors (Lipinski definition) is 0. The number of fused-ring (bicyclic) bond motifs is 5. The third-order valence-corrected chi connectivity index (χ3v) is 10.7. The van der Waals surface area contributed by atoms with Crippen molar-refractivity contribution in [3.05, 3.63) is 0 Å². The van der Waals surface area contributed by atoms with Crippen LogP contribution < -0.4 is 0 Å². The molecule has 1 unspecified atom stereocenters. The molecule has 0 aliphatic heterocycles. The molecule has 0 heterocycles. The van der Waals surface area contributed by atoms with E-state index in [0.29, 0.717) is 42.4 Å². The molecule has 0 saturated heterocycles. The van der Waals surface area contributed by atoms with E-state index in [0.717, 1.165) is 38.5 Å². The topological polar surface area (TPSA) is 26.3 Å². The van der Waals surface area contributed by atoms with Gasteiger partial charge in [0.2, 0.25) is 0 Å². The Morgan fingerprint density at radius 3 is 2.43 bits per heavy atom. The van der Waals surface area contributed by atoms with E-state index in [4.69, 9.17) is 4.74 Å². The molecule has 4 saturated carbocycles. The van der Waals surface area contributed by atoms with Gasteiger partial charge in [0.15, 0.2) is 0 Å². The van der Waals surface area contributed by atoms with Crippen LogP contribution in [0, 0.1) is 52.3 Å². The Morgan fingerprint density at radius 2 is 1.73 bits per heavy atom. The van der Waals surface area contributed by atoms with Crippen molar-refractivity contribution in [2.75, 3.05) is 7.11 Å². The van der Waals surface area contributed by atoms with Crippen molar-refractivity contribution in [2.24, 2.45) is 52.3 Å². The summed E-state index contributed by atoms with van der Waals surface area (Å²) in [5.41, 5.74) is -0.0349. The van der Waals surface area contributed by atoms with Crippen molar-refractivity contribution >= 4 is 5.97 Å². The van der Waals surface area contributed by atoms with Gasteiger partial charge in [-0.25, -0.2) is 8.78 Å². The normalized spacial score (nSPS) is 48.2. The number of esters is 1. The van der Waals surface area contributed by atoms with Gasteiger partial charge in [-0.05, 0) is 91.3 Å². The molecule has 0 aromatic rings. The molecule has 4 aliphatic rings. The lowest BCUT2D eigenvalue weighted by atomic mass is 9.43. The van der Waals surface area contributed by atoms with Crippen LogP contribution in [0.3, 0.4) is 0 Å². The minimum atomic E-state index is -2.52. The van der Waals surface area contributed by atoms with Gasteiger partial charge in [-0.1, -0.05) is 34.1 Å². The fourth-order valence-electron chi connectivity index (χ4n) is 9.09. The molecule has 0 spiro atoms. The number of alkyl halides is 2. The monoisotopic (exact) mass is 424 g/mol. The van der Waals surface area contributed by atoms with Crippen molar-refractivity contribution in [3.8, 4) is 0 Å². The van der Waals surface area contributed by atoms with Crippen LogP contribution in [0.15, 0.2) is 0 Å². The molecule has 0 bridgehead atoms. The Kier molecular flexibility index (Phi) is 5.80. The van der Waals surface area contributed by atoms with E-state index in [1.165, 1.54) is 13.5 Å². The SMILES string of the molecule is COC(=O)CC[C@@H](C)C1CC[C@H]2[C@@H]3CC(F)(F)[C@@H]4C[C@H](C)CC[C@]4(C)[C@H]3CC[C@]12C. The molecule has 9 atom stereocenters. The molecule has 4 aliphatic carbocycles. The van der Waals surface area contributed by atoms with Gasteiger partial charge >= 0.3 is 5.97 Å². The van der Waals surface area contributed by atoms with Gasteiger partial charge in [0.25, 0.3) is 5.92 Å². The smallest absolute Gasteiger partial charge is 0.305 e. The maximum atomic E-state index is 15.6. The van der Waals surface area contributed by atoms with Crippen LogP contribution in [0.2, 0.25) is 0 Å². The highest BCUT2D eigenvalue weighted by atomic mass is 19.3. The molecule has 0 aromatic carbocycles. The first-order valence-electron chi connectivity index (χ1n) is 12.5. The van der Waals surface area contributed by atoms with Gasteiger partial charge in [0.05, 0.1) is 7.11 Å². The van der Waals surface area contributed by atoms with Crippen LogP contribution in [-0.2, 0) is 9.53 Å². The lowest BCUT2D eigenvalue weighted by Gasteiger charge is -2.63. The zero-order valence-electron chi connectivity index (χ0n) is 19.7. The first kappa shape index (κ1) is 22.5. The van der Waals surface area contributed by atoms with Crippen molar-refractivity contribution in [1.29, 1.82) is 0 Å². The largest absolute Gasteiger partial charge is 0.469 e. The molecular formula is C26H42F2O2. The van der Waals surface area contributed by atoms with Gasteiger partial charge in [0.1, 0.15) is 0 Å². The highest BCUT2D eigenvalue weighted by Crippen LogP contribution is 2.70. The van der Waals surface area contributed by atoms with Crippen LogP contribution in [0.25, 0.3) is 0 Å². The van der Waals surface area contributed by atoms with E-state index in [9.17, 15) is 4.79 Å². The Morgan fingerprint density at radius 1 is 1.07 bits per heavy atom. The van der Waals surface area contributed by atoms with E-state index in [1.54, 1.807) is 0 Å². The highest BCUT2D eigenvalue weighted by Gasteiger charge is 2.66. The maximum absolute atomic E-state index is 15.6. The minimum absolute atomic E-state index is 0.119. The summed E-state index contributed by atoms with van der Waals surface area (Å²) in [6.45, 7) is 9.05. The first-order chi connectivity index (χ1) is 14.0. The lowest BCUT2D eigenvalue weighted by molar-refractivity contribution is -0.230. The fourth-order valence-corrected chi connectivity index (χ4v) is 9.09. The third kappa shape index (κ3) is 3.43. The summed E-state index contributed by atoms with van der Waals surface area (Å²) < 4.78 is 36.0. The Labute approximate surface area is 181 Å². The maximum Gasteiger partial charge on any atom is 0.305 e. The highest BCUT2D eigenvalue weighted by molar-refractivity contribution is 5.69. The Bertz CT molecular complexity index is 663. The molecule has 0 N–H and O–H groups in total. The average molecular weight is 425 g/mol. The number of hydrogen-bond acceptors (Lipinski definition) is 2. The fraction of sp³-hybridized carbons (Fsp3) is 0.962. The van der Waals surface area contributed by atoms with Crippen LogP contribution in [-0.4, -0.2) is 19.0 Å². The van der Waals surface area contributed by atoms with Crippen LogP contribution in [0.4, 0.5) is 8.78 Å². The number of methoxy groups -OCH3 is 1. The quantitative estimate of drug-likeness (QED) is 0.449. The molecule has 0 aromatic heterocycles. The van der Waals surface area contributed by atoms with Gasteiger partial charge < -0.3 is 4.74 Å². The van der Waals surface area contributed by atoms with Crippen LogP contribution >= 0.6 is 0 Å². The standard InChI is InChI=1S/C26H42F2O2/c1-16-10-12-25(4)21-11-13-24(3)19(17(2)6-9-23(29)30-5)7-8-20(24)18(21)15-26(27,28)22(25)14-16/h16-22H,6-15H2,1-5H3/t16-,17-,18+,19?,20+,21+,22-,24-,25-/m1/s1. The summed E-state index contributed by atoms with van der Waals surface area (Å²) in [7, 11) is 1.45. The summed E-state index contributed by atoms with van der Waals surface area (Å²) in [5.74, 6) is -0.591. The molecule has 4 heteroatoms. The minimum Gasteiger partial charge on any atom is -0.469 e. The van der Waals surface area contributed by atoms with Gasteiger partial charge in [-0.3, -0.25) is 4.79 Å². The zero-order valence-corrected chi connectivity index (χ0v) is 19.7. The van der Waals surface area contributed by atoms with Gasteiger partial charge in [-0.2, -0.15) is 0 Å². The number of ether oxygens (including phenoxy) is 1. The van der Waals surface area contributed by atoms with E-state index in [1.807, 2.05) is 0 Å². The molecule has 30 heavy (non-hydrogen) atoms. The number of halogens is 2. The van der Waals surface area contributed by atoms with Gasteiger partial charge in [0, 0.05) is 18.8 Å². The van der Waals surface area contributed by atoms with E-state index in [2.05, 4.69) is 27.7 Å². The van der Waals surface area contributed by atoms with Crippen molar-refractivity contribution < 1.29 is 18.3 Å². The van der Waals surface area contributed by atoms with Crippen molar-refractivity contribution in [3.63, 3.8) is 0 Å². The van der Waals surface area contributed by atoms with Crippen LogP contribution in [0.1, 0.15) is 91.9 Å². The molecule has 0 radical (unpaired) electrons. The number of carbonyl (C=O) groups excluding carboxylic acids is 1. The third-order valence-electron chi connectivity index (χ3n) is 10.7. The summed E-state index contributed by atoms with van der Waals surface area (Å²) in [6.07, 6.45) is 8.77.